The molecule has 0 unspecified atom stereocenters. The van der Waals surface area contributed by atoms with Gasteiger partial charge in [-0.2, -0.15) is 0 Å². The third-order valence-corrected chi connectivity index (χ3v) is 4.18. The van der Waals surface area contributed by atoms with E-state index in [0.29, 0.717) is 6.42 Å². The van der Waals surface area contributed by atoms with Crippen LogP contribution >= 0.6 is 11.6 Å². The van der Waals surface area contributed by atoms with Gasteiger partial charge in [0.25, 0.3) is 0 Å². The summed E-state index contributed by atoms with van der Waals surface area (Å²) in [5, 5.41) is 0.756. The number of nitrogens with zero attached hydrogens (tertiary/aromatic N) is 1. The Bertz CT molecular complexity index is 500. The van der Waals surface area contributed by atoms with Crippen LogP contribution in [0.2, 0.25) is 0 Å². The Morgan fingerprint density at radius 3 is 2.00 bits per heavy atom. The normalized spacial score (nSPS) is 12.2. The van der Waals surface area contributed by atoms with Crippen LogP contribution in [0, 0.1) is 0 Å². The highest BCUT2D eigenvalue weighted by atomic mass is 35.5. The highest BCUT2D eigenvalue weighted by Crippen LogP contribution is 2.28. The van der Waals surface area contributed by atoms with Gasteiger partial charge in [0.05, 0.1) is 6.67 Å². The predicted molar refractivity (Wildman–Crippen MR) is 107 cm³/mol. The third kappa shape index (κ3) is 8.19. The van der Waals surface area contributed by atoms with Crippen molar-refractivity contribution < 1.29 is 4.39 Å². The van der Waals surface area contributed by atoms with Crippen molar-refractivity contribution in [3.05, 3.63) is 45.3 Å². The van der Waals surface area contributed by atoms with Crippen molar-refractivity contribution in [2.75, 3.05) is 13.2 Å². The number of allylic oxidation sites excluding steroid dienone is 7. The van der Waals surface area contributed by atoms with Gasteiger partial charge >= 0.3 is 0 Å². The average Bonchev–Trinajstić information content (AvgIpc) is 2.50. The third-order valence-electron chi connectivity index (χ3n) is 4.05. The summed E-state index contributed by atoms with van der Waals surface area (Å²) in [6, 6.07) is 0. The van der Waals surface area contributed by atoms with Gasteiger partial charge in [0, 0.05) is 23.0 Å². The molecule has 0 radical (unpaired) electrons. The van der Waals surface area contributed by atoms with Crippen molar-refractivity contribution in [2.45, 2.75) is 74.1 Å². The standard InChI is InChI=1S/C21H35ClFN/c1-8-11-20(17(4)5)24(15-10-9-14-23)21(13-12-18(6)22)19(7)16(2)3/h12-13H,8-11,14-15H2,1-7H3/b18-12+,21-13+. The number of hydrogen-bond acceptors (Lipinski definition) is 1. The molecule has 0 aliphatic carbocycles. The van der Waals surface area contributed by atoms with Crippen LogP contribution in [0.5, 0.6) is 0 Å². The van der Waals surface area contributed by atoms with E-state index < -0.39 is 0 Å². The molecule has 0 bridgehead atoms. The van der Waals surface area contributed by atoms with E-state index in [1.165, 1.54) is 28.1 Å². The summed E-state index contributed by atoms with van der Waals surface area (Å²) in [7, 11) is 0. The molecule has 0 atom stereocenters. The van der Waals surface area contributed by atoms with Gasteiger partial charge in [-0.3, -0.25) is 4.39 Å². The van der Waals surface area contributed by atoms with Gasteiger partial charge in [-0.1, -0.05) is 36.1 Å². The molecule has 1 nitrogen and oxygen atoms in total. The Labute approximate surface area is 154 Å². The minimum absolute atomic E-state index is 0.257. The fourth-order valence-electron chi connectivity index (χ4n) is 2.52. The Balaban J connectivity index is 6.07. The van der Waals surface area contributed by atoms with Gasteiger partial charge in [-0.15, -0.1) is 0 Å². The van der Waals surface area contributed by atoms with Crippen LogP contribution in [-0.2, 0) is 0 Å². The van der Waals surface area contributed by atoms with Crippen LogP contribution in [0.15, 0.2) is 45.3 Å². The van der Waals surface area contributed by atoms with Crippen molar-refractivity contribution in [3.8, 4) is 0 Å². The van der Waals surface area contributed by atoms with Gasteiger partial charge in [-0.05, 0) is 78.5 Å². The van der Waals surface area contributed by atoms with Crippen LogP contribution in [0.1, 0.15) is 74.1 Å². The quantitative estimate of drug-likeness (QED) is 0.289. The SMILES string of the molecule is CCCC(=C(C)C)N(CCCCF)/C(=C/C=C(\C)Cl)C(C)=C(C)C. The molecule has 0 aromatic carbocycles. The largest absolute Gasteiger partial charge is 0.345 e. The van der Waals surface area contributed by atoms with Crippen molar-refractivity contribution in [3.63, 3.8) is 0 Å². The molecule has 0 aliphatic rings. The molecule has 0 saturated heterocycles. The maximum atomic E-state index is 12.6. The topological polar surface area (TPSA) is 3.24 Å². The predicted octanol–water partition coefficient (Wildman–Crippen LogP) is 7.51. The first-order valence-corrected chi connectivity index (χ1v) is 9.32. The lowest BCUT2D eigenvalue weighted by Crippen LogP contribution is -2.26. The van der Waals surface area contributed by atoms with Crippen molar-refractivity contribution >= 4 is 11.6 Å². The van der Waals surface area contributed by atoms with Crippen LogP contribution in [-0.4, -0.2) is 18.1 Å². The molecule has 24 heavy (non-hydrogen) atoms. The van der Waals surface area contributed by atoms with Crippen LogP contribution in [0.25, 0.3) is 0 Å². The number of halogens is 2. The molecule has 0 amide bonds. The van der Waals surface area contributed by atoms with Crippen molar-refractivity contribution in [2.24, 2.45) is 0 Å². The summed E-state index contributed by atoms with van der Waals surface area (Å²) in [4.78, 5) is 2.37. The molecule has 0 rings (SSSR count). The number of unbranched alkanes of at least 4 members (excludes halogenated alkanes) is 1. The average molecular weight is 356 g/mol. The zero-order valence-electron chi connectivity index (χ0n) is 16.6. The van der Waals surface area contributed by atoms with E-state index in [-0.39, 0.29) is 6.67 Å². The summed E-state index contributed by atoms with van der Waals surface area (Å²) in [5.74, 6) is 0. The second-order valence-corrected chi connectivity index (χ2v) is 7.27. The number of rotatable bonds is 10. The first-order chi connectivity index (χ1) is 11.3. The molecule has 0 aromatic rings. The van der Waals surface area contributed by atoms with Crippen LogP contribution in [0.4, 0.5) is 4.39 Å². The lowest BCUT2D eigenvalue weighted by molar-refractivity contribution is 0.374. The van der Waals surface area contributed by atoms with Crippen LogP contribution < -0.4 is 0 Å². The van der Waals surface area contributed by atoms with E-state index in [9.17, 15) is 4.39 Å². The monoisotopic (exact) mass is 355 g/mol. The summed E-state index contributed by atoms with van der Waals surface area (Å²) >= 11 is 6.06. The second kappa shape index (κ2) is 12.4. The maximum absolute atomic E-state index is 12.6. The summed E-state index contributed by atoms with van der Waals surface area (Å²) in [5.41, 5.74) is 6.35. The highest BCUT2D eigenvalue weighted by Gasteiger charge is 2.17. The van der Waals surface area contributed by atoms with Gasteiger partial charge in [-0.25, -0.2) is 0 Å². The molecule has 0 aliphatic heterocycles. The molecule has 0 aromatic heterocycles. The molecule has 3 heteroatoms. The van der Waals surface area contributed by atoms with E-state index >= 15 is 0 Å². The van der Waals surface area contributed by atoms with Gasteiger partial charge in [0.15, 0.2) is 0 Å². The van der Waals surface area contributed by atoms with E-state index in [1.807, 2.05) is 13.0 Å². The molecule has 0 spiro atoms. The summed E-state index contributed by atoms with van der Waals surface area (Å²) in [6.45, 7) is 15.4. The molecule has 0 heterocycles. The van der Waals surface area contributed by atoms with E-state index in [0.717, 1.165) is 30.8 Å². The molecular weight excluding hydrogens is 321 g/mol. The fourth-order valence-corrected chi connectivity index (χ4v) is 2.59. The van der Waals surface area contributed by atoms with Gasteiger partial charge in [0.2, 0.25) is 0 Å². The summed E-state index contributed by atoms with van der Waals surface area (Å²) in [6.07, 6.45) is 7.59. The molecule has 0 N–H and O–H groups in total. The smallest absolute Gasteiger partial charge is 0.0895 e. The summed E-state index contributed by atoms with van der Waals surface area (Å²) < 4.78 is 12.6. The zero-order valence-corrected chi connectivity index (χ0v) is 17.4. The maximum Gasteiger partial charge on any atom is 0.0895 e. The molecule has 138 valence electrons. The molecule has 0 saturated carbocycles. The Kier molecular flexibility index (Phi) is 11.8. The fraction of sp³-hybridized carbons (Fsp3) is 0.619. The Morgan fingerprint density at radius 1 is 0.958 bits per heavy atom. The first kappa shape index (κ1) is 23.0. The lowest BCUT2D eigenvalue weighted by Gasteiger charge is -2.32. The Hall–Kier alpha value is -1.02. The van der Waals surface area contributed by atoms with E-state index in [4.69, 9.17) is 11.6 Å². The van der Waals surface area contributed by atoms with Gasteiger partial charge in [0.1, 0.15) is 0 Å². The lowest BCUT2D eigenvalue weighted by atomic mass is 10.0. The van der Waals surface area contributed by atoms with Crippen LogP contribution in [0.3, 0.4) is 0 Å². The first-order valence-electron chi connectivity index (χ1n) is 8.94. The Morgan fingerprint density at radius 2 is 1.58 bits per heavy atom. The second-order valence-electron chi connectivity index (χ2n) is 6.67. The van der Waals surface area contributed by atoms with Gasteiger partial charge < -0.3 is 4.90 Å². The number of hydrogen-bond donors (Lipinski definition) is 0. The van der Waals surface area contributed by atoms with E-state index in [2.05, 4.69) is 52.5 Å². The minimum Gasteiger partial charge on any atom is -0.345 e. The van der Waals surface area contributed by atoms with E-state index in [1.54, 1.807) is 0 Å². The highest BCUT2D eigenvalue weighted by molar-refractivity contribution is 6.29. The van der Waals surface area contributed by atoms with Crippen molar-refractivity contribution in [1.82, 2.24) is 4.90 Å². The minimum atomic E-state index is -0.257. The molecule has 0 fully saturated rings. The zero-order chi connectivity index (χ0) is 18.7. The van der Waals surface area contributed by atoms with Crippen molar-refractivity contribution in [1.29, 1.82) is 0 Å². The number of alkyl halides is 1. The molecular formula is C21H35ClFN.